The van der Waals surface area contributed by atoms with E-state index in [0.29, 0.717) is 12.1 Å². The summed E-state index contributed by atoms with van der Waals surface area (Å²) in [5.41, 5.74) is 1.12. The molecule has 0 spiro atoms. The zero-order chi connectivity index (χ0) is 14.4. The van der Waals surface area contributed by atoms with Gasteiger partial charge in [0.15, 0.2) is 0 Å². The van der Waals surface area contributed by atoms with E-state index in [-0.39, 0.29) is 0 Å². The molecule has 1 rings (SSSR count). The fraction of sp³-hybridized carbons (Fsp3) is 0.667. The summed E-state index contributed by atoms with van der Waals surface area (Å²) < 4.78 is 0. The van der Waals surface area contributed by atoms with Crippen molar-refractivity contribution in [2.24, 2.45) is 0 Å². The Labute approximate surface area is 122 Å². The SMILES string of the molecule is CCCC(C)N(C)c1ncc(CNC(C)C)cc1Cl. The summed E-state index contributed by atoms with van der Waals surface area (Å²) in [6.07, 6.45) is 4.22. The average Bonchev–Trinajstić information content (AvgIpc) is 2.36. The summed E-state index contributed by atoms with van der Waals surface area (Å²) in [5, 5.41) is 4.10. The molecule has 0 saturated heterocycles. The Morgan fingerprint density at radius 3 is 2.58 bits per heavy atom. The topological polar surface area (TPSA) is 28.2 Å². The highest BCUT2D eigenvalue weighted by Crippen LogP contribution is 2.25. The number of nitrogens with zero attached hydrogens (tertiary/aromatic N) is 2. The van der Waals surface area contributed by atoms with Crippen LogP contribution in [-0.4, -0.2) is 24.1 Å². The highest BCUT2D eigenvalue weighted by Gasteiger charge is 2.14. The third kappa shape index (κ3) is 5.00. The first kappa shape index (κ1) is 16.3. The van der Waals surface area contributed by atoms with Gasteiger partial charge in [0, 0.05) is 31.9 Å². The van der Waals surface area contributed by atoms with Crippen LogP contribution in [-0.2, 0) is 6.54 Å². The predicted octanol–water partition coefficient (Wildman–Crippen LogP) is 3.86. The van der Waals surface area contributed by atoms with Gasteiger partial charge >= 0.3 is 0 Å². The van der Waals surface area contributed by atoms with Crippen molar-refractivity contribution in [2.75, 3.05) is 11.9 Å². The fourth-order valence-electron chi connectivity index (χ4n) is 1.97. The van der Waals surface area contributed by atoms with Gasteiger partial charge in [0.25, 0.3) is 0 Å². The van der Waals surface area contributed by atoms with Crippen LogP contribution in [0.15, 0.2) is 12.3 Å². The smallest absolute Gasteiger partial charge is 0.147 e. The minimum Gasteiger partial charge on any atom is -0.356 e. The monoisotopic (exact) mass is 283 g/mol. The van der Waals surface area contributed by atoms with Crippen LogP contribution in [0.3, 0.4) is 0 Å². The minimum atomic E-state index is 0.453. The van der Waals surface area contributed by atoms with E-state index in [1.807, 2.05) is 12.3 Å². The summed E-state index contributed by atoms with van der Waals surface area (Å²) in [5.74, 6) is 0.871. The van der Waals surface area contributed by atoms with Gasteiger partial charge in [0.1, 0.15) is 5.82 Å². The lowest BCUT2D eigenvalue weighted by molar-refractivity contribution is 0.587. The average molecular weight is 284 g/mol. The van der Waals surface area contributed by atoms with Crippen LogP contribution in [0.25, 0.3) is 0 Å². The Balaban J connectivity index is 2.76. The summed E-state index contributed by atoms with van der Waals surface area (Å²) in [6, 6.07) is 2.93. The van der Waals surface area contributed by atoms with Gasteiger partial charge in [-0.1, -0.05) is 38.8 Å². The summed E-state index contributed by atoms with van der Waals surface area (Å²) in [4.78, 5) is 6.67. The molecule has 1 atom stereocenters. The number of rotatable bonds is 7. The molecule has 1 N–H and O–H groups in total. The molecule has 0 fully saturated rings. The molecule has 4 heteroatoms. The molecule has 0 aromatic carbocycles. The predicted molar refractivity (Wildman–Crippen MR) is 84.0 cm³/mol. The highest BCUT2D eigenvalue weighted by atomic mass is 35.5. The number of hydrogen-bond donors (Lipinski definition) is 1. The molecule has 0 radical (unpaired) electrons. The van der Waals surface area contributed by atoms with Crippen LogP contribution in [0.4, 0.5) is 5.82 Å². The highest BCUT2D eigenvalue weighted by molar-refractivity contribution is 6.33. The summed E-state index contributed by atoms with van der Waals surface area (Å²) >= 11 is 6.35. The van der Waals surface area contributed by atoms with E-state index in [9.17, 15) is 0 Å². The van der Waals surface area contributed by atoms with Gasteiger partial charge in [-0.05, 0) is 25.0 Å². The van der Waals surface area contributed by atoms with E-state index >= 15 is 0 Å². The molecule has 19 heavy (non-hydrogen) atoms. The number of pyridine rings is 1. The Kier molecular flexibility index (Phi) is 6.59. The second-order valence-corrected chi connectivity index (χ2v) is 5.84. The fourth-order valence-corrected chi connectivity index (χ4v) is 2.29. The molecule has 0 aliphatic rings. The van der Waals surface area contributed by atoms with E-state index in [1.54, 1.807) is 0 Å². The van der Waals surface area contributed by atoms with Crippen LogP contribution in [0.2, 0.25) is 5.02 Å². The third-order valence-electron chi connectivity index (χ3n) is 3.29. The number of halogens is 1. The lowest BCUT2D eigenvalue weighted by Crippen LogP contribution is -2.29. The molecule has 0 saturated carbocycles. The third-order valence-corrected chi connectivity index (χ3v) is 3.57. The standard InChI is InChI=1S/C15H26ClN3/c1-6-7-12(4)19(5)15-14(16)8-13(10-18-15)9-17-11(2)3/h8,10-12,17H,6-7,9H2,1-5H3. The van der Waals surface area contributed by atoms with Crippen molar-refractivity contribution in [2.45, 2.75) is 59.2 Å². The normalized spacial score (nSPS) is 12.8. The Morgan fingerprint density at radius 1 is 1.37 bits per heavy atom. The molecular weight excluding hydrogens is 258 g/mol. The molecule has 1 heterocycles. The van der Waals surface area contributed by atoms with E-state index in [1.165, 1.54) is 6.42 Å². The molecule has 0 amide bonds. The molecule has 1 aromatic rings. The maximum atomic E-state index is 6.35. The van der Waals surface area contributed by atoms with Crippen LogP contribution in [0.1, 0.15) is 46.1 Å². The second-order valence-electron chi connectivity index (χ2n) is 5.43. The lowest BCUT2D eigenvalue weighted by atomic mass is 10.1. The first-order chi connectivity index (χ1) is 8.95. The lowest BCUT2D eigenvalue weighted by Gasteiger charge is -2.26. The van der Waals surface area contributed by atoms with Crippen LogP contribution in [0, 0.1) is 0 Å². The zero-order valence-electron chi connectivity index (χ0n) is 12.7. The van der Waals surface area contributed by atoms with E-state index in [4.69, 9.17) is 11.6 Å². The van der Waals surface area contributed by atoms with Gasteiger partial charge in [-0.2, -0.15) is 0 Å². The van der Waals surface area contributed by atoms with E-state index in [0.717, 1.165) is 29.4 Å². The summed E-state index contributed by atoms with van der Waals surface area (Å²) in [6.45, 7) is 9.46. The van der Waals surface area contributed by atoms with Gasteiger partial charge in [0.05, 0.1) is 5.02 Å². The molecule has 0 aliphatic heterocycles. The van der Waals surface area contributed by atoms with Crippen molar-refractivity contribution in [3.63, 3.8) is 0 Å². The molecular formula is C15H26ClN3. The quantitative estimate of drug-likeness (QED) is 0.824. The Bertz CT molecular complexity index is 393. The van der Waals surface area contributed by atoms with Crippen LogP contribution in [0.5, 0.6) is 0 Å². The molecule has 108 valence electrons. The van der Waals surface area contributed by atoms with E-state index < -0.39 is 0 Å². The molecule has 1 aromatic heterocycles. The number of nitrogens with one attached hydrogen (secondary N) is 1. The second kappa shape index (κ2) is 7.71. The van der Waals surface area contributed by atoms with Crippen molar-refractivity contribution in [3.05, 3.63) is 22.8 Å². The van der Waals surface area contributed by atoms with E-state index in [2.05, 4.69) is 49.9 Å². The number of aromatic nitrogens is 1. The molecule has 0 aliphatic carbocycles. The Morgan fingerprint density at radius 2 is 2.05 bits per heavy atom. The van der Waals surface area contributed by atoms with Crippen molar-refractivity contribution in [3.8, 4) is 0 Å². The van der Waals surface area contributed by atoms with Gasteiger partial charge in [-0.15, -0.1) is 0 Å². The first-order valence-electron chi connectivity index (χ1n) is 7.06. The number of hydrogen-bond acceptors (Lipinski definition) is 3. The van der Waals surface area contributed by atoms with Crippen molar-refractivity contribution >= 4 is 17.4 Å². The van der Waals surface area contributed by atoms with Crippen molar-refractivity contribution in [1.29, 1.82) is 0 Å². The van der Waals surface area contributed by atoms with Crippen LogP contribution >= 0.6 is 11.6 Å². The molecule has 3 nitrogen and oxygen atoms in total. The Hall–Kier alpha value is -0.800. The first-order valence-corrected chi connectivity index (χ1v) is 7.44. The molecule has 1 unspecified atom stereocenters. The van der Waals surface area contributed by atoms with Crippen molar-refractivity contribution < 1.29 is 0 Å². The number of anilines is 1. The van der Waals surface area contributed by atoms with Crippen LogP contribution < -0.4 is 10.2 Å². The molecule has 0 bridgehead atoms. The largest absolute Gasteiger partial charge is 0.356 e. The van der Waals surface area contributed by atoms with Gasteiger partial charge < -0.3 is 10.2 Å². The van der Waals surface area contributed by atoms with Gasteiger partial charge in [-0.3, -0.25) is 0 Å². The van der Waals surface area contributed by atoms with Crippen molar-refractivity contribution in [1.82, 2.24) is 10.3 Å². The van der Waals surface area contributed by atoms with Gasteiger partial charge in [-0.25, -0.2) is 4.98 Å². The maximum absolute atomic E-state index is 6.35. The summed E-state index contributed by atoms with van der Waals surface area (Å²) in [7, 11) is 2.06. The zero-order valence-corrected chi connectivity index (χ0v) is 13.5. The minimum absolute atomic E-state index is 0.453. The van der Waals surface area contributed by atoms with Gasteiger partial charge in [0.2, 0.25) is 0 Å². The maximum Gasteiger partial charge on any atom is 0.147 e.